The second-order valence-corrected chi connectivity index (χ2v) is 6.41. The van der Waals surface area contributed by atoms with E-state index in [9.17, 15) is 39.4 Å². The zero-order valence-corrected chi connectivity index (χ0v) is 16.3. The minimum absolute atomic E-state index is 0.0216. The fourth-order valence-electron chi connectivity index (χ4n) is 2.95. The van der Waals surface area contributed by atoms with E-state index in [4.69, 9.17) is 0 Å². The number of aldehydes is 1. The molecule has 1 aliphatic heterocycles. The van der Waals surface area contributed by atoms with Gasteiger partial charge in [0.05, 0.1) is 29.9 Å². The van der Waals surface area contributed by atoms with Gasteiger partial charge in [0.25, 0.3) is 27.9 Å². The Morgan fingerprint density at radius 3 is 2.16 bits per heavy atom. The molecule has 1 aliphatic rings. The lowest BCUT2D eigenvalue weighted by Gasteiger charge is -2.18. The van der Waals surface area contributed by atoms with Gasteiger partial charge in [0.1, 0.15) is 0 Å². The minimum atomic E-state index is -0.989. The van der Waals surface area contributed by atoms with Crippen LogP contribution in [0.4, 0.5) is 0 Å². The fraction of sp³-hybridized carbons (Fsp3) is 0.412. The standard InChI is InChI=1S/C17H18N4O10/c1-18(4-2-6-30-20(26)27)15(23)12-9-14-13(8-11(12)10-22)16(24)19(17(14)25)5-3-7-31-21(28)29/h8-10H,2-7H2,1H3. The average molecular weight is 438 g/mol. The van der Waals surface area contributed by atoms with E-state index in [2.05, 4.69) is 9.68 Å². The molecule has 31 heavy (non-hydrogen) atoms. The highest BCUT2D eigenvalue weighted by Crippen LogP contribution is 2.27. The largest absolute Gasteiger partial charge is 0.342 e. The van der Waals surface area contributed by atoms with Crippen LogP contribution in [0.15, 0.2) is 12.1 Å². The highest BCUT2D eigenvalue weighted by molar-refractivity contribution is 6.22. The van der Waals surface area contributed by atoms with E-state index < -0.39 is 27.9 Å². The number of fused-ring (bicyclic) bond motifs is 1. The van der Waals surface area contributed by atoms with Crippen molar-refractivity contribution in [1.82, 2.24) is 9.80 Å². The molecule has 1 heterocycles. The lowest BCUT2D eigenvalue weighted by molar-refractivity contribution is -0.757. The Balaban J connectivity index is 2.15. The predicted octanol–water partition coefficient (Wildman–Crippen LogP) is 0.364. The molecule has 0 aliphatic carbocycles. The van der Waals surface area contributed by atoms with Crippen molar-refractivity contribution in [2.75, 3.05) is 33.4 Å². The summed E-state index contributed by atoms with van der Waals surface area (Å²) in [5, 5.41) is 18.4. The van der Waals surface area contributed by atoms with Crippen LogP contribution in [0.2, 0.25) is 0 Å². The molecule has 0 saturated carbocycles. The lowest BCUT2D eigenvalue weighted by Crippen LogP contribution is -2.31. The topological polar surface area (TPSA) is 180 Å². The second kappa shape index (κ2) is 10.1. The van der Waals surface area contributed by atoms with Gasteiger partial charge in [-0.25, -0.2) is 0 Å². The number of hydrogen-bond acceptors (Lipinski definition) is 10. The molecule has 3 amide bonds. The maximum absolute atomic E-state index is 12.7. The monoisotopic (exact) mass is 438 g/mol. The van der Waals surface area contributed by atoms with Gasteiger partial charge in [-0.15, -0.1) is 20.2 Å². The Hall–Kier alpha value is -4.10. The van der Waals surface area contributed by atoms with Crippen molar-refractivity contribution < 1.29 is 39.0 Å². The SMILES string of the molecule is CN(CCCO[N+](=O)[O-])C(=O)c1cc2c(cc1C=O)C(=O)N(CCCO[N+](=O)[O-])C2=O. The summed E-state index contributed by atoms with van der Waals surface area (Å²) in [6.45, 7) is -0.597. The third-order valence-corrected chi connectivity index (χ3v) is 4.40. The van der Waals surface area contributed by atoms with Gasteiger partial charge >= 0.3 is 0 Å². The molecule has 0 saturated heterocycles. The van der Waals surface area contributed by atoms with Gasteiger partial charge in [0, 0.05) is 25.7 Å². The van der Waals surface area contributed by atoms with Crippen molar-refractivity contribution in [3.8, 4) is 0 Å². The van der Waals surface area contributed by atoms with Gasteiger partial charge in [-0.2, -0.15) is 0 Å². The quantitative estimate of drug-likeness (QED) is 0.145. The zero-order valence-electron chi connectivity index (χ0n) is 16.3. The average Bonchev–Trinajstić information content (AvgIpc) is 2.96. The van der Waals surface area contributed by atoms with Crippen molar-refractivity contribution in [3.05, 3.63) is 54.6 Å². The van der Waals surface area contributed by atoms with E-state index >= 15 is 0 Å². The van der Waals surface area contributed by atoms with Crippen LogP contribution >= 0.6 is 0 Å². The summed E-state index contributed by atoms with van der Waals surface area (Å²) in [4.78, 5) is 80.0. The number of carbonyl (C=O) groups excluding carboxylic acids is 4. The van der Waals surface area contributed by atoms with Crippen LogP contribution in [0.25, 0.3) is 0 Å². The van der Waals surface area contributed by atoms with E-state index in [-0.39, 0.29) is 61.4 Å². The normalized spacial score (nSPS) is 12.4. The van der Waals surface area contributed by atoms with Crippen LogP contribution in [0.3, 0.4) is 0 Å². The molecule has 2 rings (SSSR count). The first kappa shape index (κ1) is 23.2. The smallest absolute Gasteiger partial charge is 0.294 e. The Morgan fingerprint density at radius 2 is 1.61 bits per heavy atom. The molecule has 0 N–H and O–H groups in total. The number of nitrogens with zero attached hydrogens (tertiary/aromatic N) is 4. The maximum Gasteiger partial charge on any atom is 0.294 e. The Labute approximate surface area is 174 Å². The molecule has 0 spiro atoms. The molecular weight excluding hydrogens is 420 g/mol. The van der Waals surface area contributed by atoms with E-state index in [1.54, 1.807) is 0 Å². The van der Waals surface area contributed by atoms with Gasteiger partial charge in [-0.1, -0.05) is 0 Å². The number of amides is 3. The summed E-state index contributed by atoms with van der Waals surface area (Å²) in [5.41, 5.74) is -0.330. The van der Waals surface area contributed by atoms with Crippen LogP contribution in [0.1, 0.15) is 54.3 Å². The Bertz CT molecular complexity index is 932. The van der Waals surface area contributed by atoms with Crippen LogP contribution < -0.4 is 0 Å². The Morgan fingerprint density at radius 1 is 1.06 bits per heavy atom. The van der Waals surface area contributed by atoms with Crippen molar-refractivity contribution >= 4 is 24.0 Å². The third kappa shape index (κ3) is 5.49. The van der Waals surface area contributed by atoms with Crippen molar-refractivity contribution in [3.63, 3.8) is 0 Å². The number of carbonyl (C=O) groups is 4. The number of rotatable bonds is 12. The molecule has 166 valence electrons. The van der Waals surface area contributed by atoms with Crippen LogP contribution in [0, 0.1) is 20.2 Å². The predicted molar refractivity (Wildman–Crippen MR) is 99.3 cm³/mol. The number of hydrogen-bond donors (Lipinski definition) is 0. The molecule has 14 nitrogen and oxygen atoms in total. The summed E-state index contributed by atoms with van der Waals surface area (Å²) >= 11 is 0. The van der Waals surface area contributed by atoms with Gasteiger partial charge in [-0.3, -0.25) is 24.1 Å². The highest BCUT2D eigenvalue weighted by atomic mass is 17.0. The molecule has 0 fully saturated rings. The van der Waals surface area contributed by atoms with Crippen molar-refractivity contribution in [2.24, 2.45) is 0 Å². The summed E-state index contributed by atoms with van der Waals surface area (Å²) in [6, 6.07) is 2.30. The van der Waals surface area contributed by atoms with Crippen LogP contribution in [-0.4, -0.2) is 77.3 Å². The van der Waals surface area contributed by atoms with E-state index in [1.165, 1.54) is 11.9 Å². The first-order chi connectivity index (χ1) is 14.7. The van der Waals surface area contributed by atoms with Gasteiger partial charge in [-0.05, 0) is 25.0 Å². The summed E-state index contributed by atoms with van der Waals surface area (Å²) < 4.78 is 0. The van der Waals surface area contributed by atoms with E-state index in [0.29, 0.717) is 6.29 Å². The highest BCUT2D eigenvalue weighted by Gasteiger charge is 2.37. The third-order valence-electron chi connectivity index (χ3n) is 4.40. The fourth-order valence-corrected chi connectivity index (χ4v) is 2.95. The molecule has 0 bridgehead atoms. The zero-order chi connectivity index (χ0) is 23.1. The maximum atomic E-state index is 12.7. The summed E-state index contributed by atoms with van der Waals surface area (Å²) in [5.74, 6) is -2.01. The summed E-state index contributed by atoms with van der Waals surface area (Å²) in [7, 11) is 1.41. The van der Waals surface area contributed by atoms with E-state index in [1.807, 2.05) is 0 Å². The van der Waals surface area contributed by atoms with Crippen LogP contribution in [-0.2, 0) is 9.68 Å². The van der Waals surface area contributed by atoms with Crippen molar-refractivity contribution in [2.45, 2.75) is 12.8 Å². The molecule has 0 aromatic heterocycles. The van der Waals surface area contributed by atoms with Crippen LogP contribution in [0.5, 0.6) is 0 Å². The van der Waals surface area contributed by atoms with Gasteiger partial charge < -0.3 is 14.6 Å². The first-order valence-electron chi connectivity index (χ1n) is 8.96. The number of imide groups is 1. The molecular formula is C17H18N4O10. The van der Waals surface area contributed by atoms with E-state index in [0.717, 1.165) is 17.0 Å². The molecule has 14 heteroatoms. The lowest BCUT2D eigenvalue weighted by atomic mass is 9.99. The molecule has 0 radical (unpaired) electrons. The van der Waals surface area contributed by atoms with Crippen molar-refractivity contribution in [1.29, 1.82) is 0 Å². The molecule has 1 aromatic carbocycles. The molecule has 1 aromatic rings. The van der Waals surface area contributed by atoms with Gasteiger partial charge in [0.2, 0.25) is 0 Å². The minimum Gasteiger partial charge on any atom is -0.342 e. The molecule has 0 unspecified atom stereocenters. The first-order valence-corrected chi connectivity index (χ1v) is 8.96. The Kier molecular flexibility index (Phi) is 7.54. The summed E-state index contributed by atoms with van der Waals surface area (Å²) in [6.07, 6.45) is 0.554. The number of benzene rings is 1. The molecule has 0 atom stereocenters. The van der Waals surface area contributed by atoms with Gasteiger partial charge in [0.15, 0.2) is 6.29 Å². The second-order valence-electron chi connectivity index (χ2n) is 6.41.